The highest BCUT2D eigenvalue weighted by molar-refractivity contribution is 9.10. The summed E-state index contributed by atoms with van der Waals surface area (Å²) in [7, 11) is 0. The van der Waals surface area contributed by atoms with Crippen molar-refractivity contribution >= 4 is 45.1 Å². The molecule has 0 aliphatic rings. The molecule has 1 atom stereocenters. The largest absolute Gasteiger partial charge is 0.346 e. The molecule has 0 bridgehead atoms. The van der Waals surface area contributed by atoms with Crippen molar-refractivity contribution in [2.75, 3.05) is 10.6 Å². The lowest BCUT2D eigenvalue weighted by atomic mass is 10.2. The van der Waals surface area contributed by atoms with E-state index in [4.69, 9.17) is 0 Å². The number of aryl methyl sites for hydroxylation is 1. The Morgan fingerprint density at radius 2 is 2.05 bits per heavy atom. The lowest BCUT2D eigenvalue weighted by Gasteiger charge is -2.16. The first kappa shape index (κ1) is 16.8. The summed E-state index contributed by atoms with van der Waals surface area (Å²) in [5.74, 6) is 1.18. The van der Waals surface area contributed by atoms with Gasteiger partial charge in [0.1, 0.15) is 5.82 Å². The molecule has 0 aliphatic carbocycles. The van der Waals surface area contributed by atoms with Crippen LogP contribution >= 0.6 is 27.3 Å². The second kappa shape index (κ2) is 7.64. The minimum atomic E-state index is -0.121. The molecule has 0 spiro atoms. The maximum Gasteiger partial charge on any atom is 0.234 e. The number of amides is 1. The Hall–Kier alpha value is -1.54. The van der Waals surface area contributed by atoms with Crippen LogP contribution in [0.5, 0.6) is 0 Å². The van der Waals surface area contributed by atoms with Gasteiger partial charge < -0.3 is 5.32 Å². The monoisotopic (exact) mass is 383 g/mol. The predicted octanol–water partition coefficient (Wildman–Crippen LogP) is 3.92. The van der Waals surface area contributed by atoms with E-state index in [0.717, 1.165) is 10.9 Å². The number of thiophene rings is 1. The topological polar surface area (TPSA) is 79.8 Å². The van der Waals surface area contributed by atoms with Crippen molar-refractivity contribution in [2.24, 2.45) is 0 Å². The summed E-state index contributed by atoms with van der Waals surface area (Å²) in [6, 6.07) is 2.13. The van der Waals surface area contributed by atoms with Gasteiger partial charge in [-0.1, -0.05) is 13.8 Å². The summed E-state index contributed by atoms with van der Waals surface area (Å²) in [5.41, 5.74) is 0. The van der Waals surface area contributed by atoms with Gasteiger partial charge in [-0.15, -0.1) is 11.3 Å². The molecule has 22 heavy (non-hydrogen) atoms. The molecular weight excluding hydrogens is 366 g/mol. The highest BCUT2D eigenvalue weighted by Gasteiger charge is 2.16. The molecule has 118 valence electrons. The normalized spacial score (nSPS) is 12.0. The third-order valence-electron chi connectivity index (χ3n) is 2.99. The van der Waals surface area contributed by atoms with Crippen molar-refractivity contribution in [2.45, 2.75) is 39.7 Å². The van der Waals surface area contributed by atoms with E-state index in [0.29, 0.717) is 18.2 Å². The smallest absolute Gasteiger partial charge is 0.234 e. The molecule has 6 nitrogen and oxygen atoms in total. The zero-order chi connectivity index (χ0) is 16.1. The fraction of sp³-hybridized carbons (Fsp3) is 0.429. The number of nitrogens with one attached hydrogen (secondary N) is 2. The van der Waals surface area contributed by atoms with Crippen LogP contribution in [0.2, 0.25) is 0 Å². The van der Waals surface area contributed by atoms with Crippen LogP contribution in [-0.2, 0) is 4.79 Å². The summed E-state index contributed by atoms with van der Waals surface area (Å²) >= 11 is 5.23. The molecule has 2 rings (SSSR count). The van der Waals surface area contributed by atoms with Crippen LogP contribution in [-0.4, -0.2) is 20.9 Å². The maximum atomic E-state index is 11.5. The summed E-state index contributed by atoms with van der Waals surface area (Å²) < 4.78 is 1.07. The Morgan fingerprint density at radius 3 is 2.64 bits per heavy atom. The molecule has 0 saturated heterocycles. The number of rotatable bonds is 6. The molecule has 2 aromatic heterocycles. The van der Waals surface area contributed by atoms with E-state index in [2.05, 4.69) is 48.4 Å². The van der Waals surface area contributed by atoms with E-state index in [1.807, 2.05) is 11.4 Å². The molecule has 8 heteroatoms. The van der Waals surface area contributed by atoms with Gasteiger partial charge in [0, 0.05) is 15.8 Å². The molecule has 0 aromatic carbocycles. The first-order chi connectivity index (χ1) is 10.5. The standard InChI is InChI=1S/C14H18BrN5OS/c1-4-10(12-9(15)6-7-22-12)18-13-16-8(3)17-14(20-13)19-11(21)5-2/h6-7,10H,4-5H2,1-3H3,(H2,16,17,18,19,20,21). The molecule has 0 fully saturated rings. The van der Waals surface area contributed by atoms with E-state index in [1.165, 1.54) is 4.88 Å². The second-order valence-corrected chi connectivity index (χ2v) is 6.47. The predicted molar refractivity (Wildman–Crippen MR) is 92.2 cm³/mol. The highest BCUT2D eigenvalue weighted by atomic mass is 79.9. The number of hydrogen-bond donors (Lipinski definition) is 2. The molecule has 2 aromatic rings. The zero-order valence-electron chi connectivity index (χ0n) is 12.7. The van der Waals surface area contributed by atoms with Gasteiger partial charge in [-0.2, -0.15) is 15.0 Å². The number of nitrogens with zero attached hydrogens (tertiary/aromatic N) is 3. The van der Waals surface area contributed by atoms with Crippen molar-refractivity contribution in [3.8, 4) is 0 Å². The van der Waals surface area contributed by atoms with Crippen molar-refractivity contribution in [1.29, 1.82) is 0 Å². The summed E-state index contributed by atoms with van der Waals surface area (Å²) in [5, 5.41) is 8.01. The summed E-state index contributed by atoms with van der Waals surface area (Å²) in [4.78, 5) is 25.4. The van der Waals surface area contributed by atoms with E-state index in [-0.39, 0.29) is 17.9 Å². The molecular formula is C14H18BrN5OS. The number of carbonyl (C=O) groups is 1. The minimum absolute atomic E-state index is 0.103. The van der Waals surface area contributed by atoms with Gasteiger partial charge in [0.15, 0.2) is 0 Å². The third kappa shape index (κ3) is 4.23. The lowest BCUT2D eigenvalue weighted by Crippen LogP contribution is -2.16. The van der Waals surface area contributed by atoms with Crippen LogP contribution < -0.4 is 10.6 Å². The Balaban J connectivity index is 2.21. The second-order valence-electron chi connectivity index (χ2n) is 4.67. The first-order valence-electron chi connectivity index (χ1n) is 7.05. The van der Waals surface area contributed by atoms with E-state index >= 15 is 0 Å². The third-order valence-corrected chi connectivity index (χ3v) is 4.98. The summed E-state index contributed by atoms with van der Waals surface area (Å²) in [6.45, 7) is 5.65. The van der Waals surface area contributed by atoms with Crippen LogP contribution in [0.3, 0.4) is 0 Å². The van der Waals surface area contributed by atoms with Crippen LogP contribution in [0.1, 0.15) is 43.4 Å². The van der Waals surface area contributed by atoms with E-state index in [9.17, 15) is 4.79 Å². The molecule has 2 N–H and O–H groups in total. The molecule has 2 heterocycles. The summed E-state index contributed by atoms with van der Waals surface area (Å²) in [6.07, 6.45) is 1.27. The SMILES string of the molecule is CCC(=O)Nc1nc(C)nc(NC(CC)c2sccc2Br)n1. The fourth-order valence-electron chi connectivity index (χ4n) is 1.88. The van der Waals surface area contributed by atoms with Gasteiger partial charge >= 0.3 is 0 Å². The Kier molecular flexibility index (Phi) is 5.84. The Morgan fingerprint density at radius 1 is 1.32 bits per heavy atom. The van der Waals surface area contributed by atoms with Crippen LogP contribution in [0, 0.1) is 6.92 Å². The fourth-order valence-corrected chi connectivity index (χ4v) is 3.66. The highest BCUT2D eigenvalue weighted by Crippen LogP contribution is 2.32. The van der Waals surface area contributed by atoms with E-state index < -0.39 is 0 Å². The quantitative estimate of drug-likeness (QED) is 0.789. The zero-order valence-corrected chi connectivity index (χ0v) is 15.1. The molecule has 0 radical (unpaired) electrons. The Labute approximate surface area is 141 Å². The number of carbonyl (C=O) groups excluding carboxylic acids is 1. The van der Waals surface area contributed by atoms with Crippen LogP contribution in [0.15, 0.2) is 15.9 Å². The van der Waals surface area contributed by atoms with Crippen molar-refractivity contribution in [3.05, 3.63) is 26.6 Å². The average Bonchev–Trinajstić information content (AvgIpc) is 2.90. The number of anilines is 2. The number of aromatic nitrogens is 3. The van der Waals surface area contributed by atoms with Gasteiger partial charge in [-0.3, -0.25) is 10.1 Å². The lowest BCUT2D eigenvalue weighted by molar-refractivity contribution is -0.115. The van der Waals surface area contributed by atoms with Gasteiger partial charge in [0.2, 0.25) is 17.8 Å². The van der Waals surface area contributed by atoms with Crippen molar-refractivity contribution in [3.63, 3.8) is 0 Å². The number of halogens is 1. The number of hydrogen-bond acceptors (Lipinski definition) is 6. The molecule has 1 unspecified atom stereocenters. The van der Waals surface area contributed by atoms with Gasteiger partial charge in [0.05, 0.1) is 6.04 Å². The van der Waals surface area contributed by atoms with E-state index in [1.54, 1.807) is 25.2 Å². The van der Waals surface area contributed by atoms with Crippen molar-refractivity contribution < 1.29 is 4.79 Å². The average molecular weight is 384 g/mol. The molecule has 0 aliphatic heterocycles. The van der Waals surface area contributed by atoms with Gasteiger partial charge in [-0.25, -0.2) is 0 Å². The Bertz CT molecular complexity index is 660. The van der Waals surface area contributed by atoms with Crippen LogP contribution in [0.4, 0.5) is 11.9 Å². The van der Waals surface area contributed by atoms with Crippen LogP contribution in [0.25, 0.3) is 0 Å². The minimum Gasteiger partial charge on any atom is -0.346 e. The molecule has 0 saturated carbocycles. The van der Waals surface area contributed by atoms with Gasteiger partial charge in [-0.05, 0) is 40.7 Å². The molecule has 1 amide bonds. The van der Waals surface area contributed by atoms with Gasteiger partial charge in [0.25, 0.3) is 0 Å². The van der Waals surface area contributed by atoms with Crippen molar-refractivity contribution in [1.82, 2.24) is 15.0 Å². The first-order valence-corrected chi connectivity index (χ1v) is 8.72. The maximum absolute atomic E-state index is 11.5.